The molecule has 0 bridgehead atoms. The minimum Gasteiger partial charge on any atom is -0.463 e. The second-order valence-electron chi connectivity index (χ2n) is 6.85. The van der Waals surface area contributed by atoms with Crippen LogP contribution in [0.2, 0.25) is 0 Å². The Bertz CT molecular complexity index is 885. The molecule has 1 aliphatic rings. The van der Waals surface area contributed by atoms with Crippen LogP contribution in [0.25, 0.3) is 0 Å². The summed E-state index contributed by atoms with van der Waals surface area (Å²) < 4.78 is 32.6. The van der Waals surface area contributed by atoms with Crippen molar-refractivity contribution in [1.29, 1.82) is 0 Å². The summed E-state index contributed by atoms with van der Waals surface area (Å²) >= 11 is 0. The summed E-state index contributed by atoms with van der Waals surface area (Å²) in [5, 5.41) is 0. The van der Waals surface area contributed by atoms with E-state index < -0.39 is 54.6 Å². The van der Waals surface area contributed by atoms with E-state index >= 15 is 0 Å². The van der Waals surface area contributed by atoms with Gasteiger partial charge in [-0.2, -0.15) is 0 Å². The number of terminal acetylenes is 1. The number of rotatable bonds is 7. The lowest BCUT2D eigenvalue weighted by Crippen LogP contribution is -2.63. The number of carbonyl (C=O) groups excluding carboxylic acids is 4. The largest absolute Gasteiger partial charge is 0.463 e. The van der Waals surface area contributed by atoms with Crippen LogP contribution < -0.4 is 4.74 Å². The Morgan fingerprint density at radius 3 is 1.88 bits per heavy atom. The molecule has 1 aliphatic heterocycles. The van der Waals surface area contributed by atoms with Gasteiger partial charge < -0.3 is 28.4 Å². The van der Waals surface area contributed by atoms with Crippen LogP contribution in [-0.2, 0) is 42.9 Å². The van der Waals surface area contributed by atoms with E-state index in [2.05, 4.69) is 5.92 Å². The SMILES string of the molecule is C#Cc1ccc(O[C@H]2OC(COC(C)=O)[C@@H](OC(C)=O)[C@H](OC(C)=O)C2OC(C)=O)cc1. The van der Waals surface area contributed by atoms with Crippen molar-refractivity contribution in [2.24, 2.45) is 0 Å². The smallest absolute Gasteiger partial charge is 0.303 e. The Morgan fingerprint density at radius 1 is 0.844 bits per heavy atom. The van der Waals surface area contributed by atoms with Gasteiger partial charge in [-0.1, -0.05) is 5.92 Å². The Kier molecular flexibility index (Phi) is 8.61. The second kappa shape index (κ2) is 11.2. The van der Waals surface area contributed by atoms with Crippen molar-refractivity contribution in [2.75, 3.05) is 6.61 Å². The molecule has 0 spiro atoms. The first kappa shape index (κ1) is 24.7. The quantitative estimate of drug-likeness (QED) is 0.341. The van der Waals surface area contributed by atoms with Crippen LogP contribution in [0.4, 0.5) is 0 Å². The average Bonchev–Trinajstić information content (AvgIpc) is 2.70. The number of benzene rings is 1. The van der Waals surface area contributed by atoms with Gasteiger partial charge in [-0.25, -0.2) is 0 Å². The summed E-state index contributed by atoms with van der Waals surface area (Å²) in [4.78, 5) is 46.6. The van der Waals surface area contributed by atoms with E-state index in [-0.39, 0.29) is 6.61 Å². The van der Waals surface area contributed by atoms with Crippen LogP contribution >= 0.6 is 0 Å². The zero-order valence-corrected chi connectivity index (χ0v) is 18.1. The molecule has 0 radical (unpaired) electrons. The molecular weight excluding hydrogens is 424 g/mol. The van der Waals surface area contributed by atoms with Gasteiger partial charge >= 0.3 is 23.9 Å². The van der Waals surface area contributed by atoms with Gasteiger partial charge in [0.15, 0.2) is 12.2 Å². The van der Waals surface area contributed by atoms with Crippen LogP contribution in [0, 0.1) is 12.3 Å². The predicted molar refractivity (Wildman–Crippen MR) is 107 cm³/mol. The van der Waals surface area contributed by atoms with Crippen molar-refractivity contribution in [3.05, 3.63) is 29.8 Å². The molecule has 0 aromatic heterocycles. The lowest BCUT2D eigenvalue weighted by molar-refractivity contribution is -0.288. The van der Waals surface area contributed by atoms with Crippen LogP contribution in [0.5, 0.6) is 5.75 Å². The van der Waals surface area contributed by atoms with E-state index in [1.165, 1.54) is 6.92 Å². The van der Waals surface area contributed by atoms with Gasteiger partial charge in [0.2, 0.25) is 12.4 Å². The molecule has 1 aromatic carbocycles. The maximum atomic E-state index is 11.8. The first-order valence-electron chi connectivity index (χ1n) is 9.64. The highest BCUT2D eigenvalue weighted by atomic mass is 16.7. The van der Waals surface area contributed by atoms with E-state index in [0.29, 0.717) is 11.3 Å². The fourth-order valence-corrected chi connectivity index (χ4v) is 3.05. The third kappa shape index (κ3) is 6.99. The van der Waals surface area contributed by atoms with Crippen molar-refractivity contribution in [3.8, 4) is 18.1 Å². The maximum absolute atomic E-state index is 11.8. The molecular formula is C22H24O10. The summed E-state index contributed by atoms with van der Waals surface area (Å²) in [6.45, 7) is 4.28. The Labute approximate surface area is 185 Å². The highest BCUT2D eigenvalue weighted by Crippen LogP contribution is 2.31. The summed E-state index contributed by atoms with van der Waals surface area (Å²) in [5.74, 6) is 0.0150. The Balaban J connectivity index is 2.43. The fraction of sp³-hybridized carbons (Fsp3) is 0.455. The molecule has 32 heavy (non-hydrogen) atoms. The predicted octanol–water partition coefficient (Wildman–Crippen LogP) is 1.13. The molecule has 0 aliphatic carbocycles. The molecule has 0 N–H and O–H groups in total. The van der Waals surface area contributed by atoms with E-state index in [4.69, 9.17) is 34.8 Å². The Hall–Kier alpha value is -3.58. The Morgan fingerprint density at radius 2 is 1.38 bits per heavy atom. The topological polar surface area (TPSA) is 124 Å². The van der Waals surface area contributed by atoms with Crippen molar-refractivity contribution < 1.29 is 47.6 Å². The molecule has 0 saturated carbocycles. The lowest BCUT2D eigenvalue weighted by Gasteiger charge is -2.43. The summed E-state index contributed by atoms with van der Waals surface area (Å²) in [6.07, 6.45) is -0.887. The van der Waals surface area contributed by atoms with Crippen molar-refractivity contribution in [2.45, 2.75) is 58.4 Å². The third-order valence-corrected chi connectivity index (χ3v) is 4.22. The van der Waals surface area contributed by atoms with Gasteiger partial charge in [0.25, 0.3) is 0 Å². The fourth-order valence-electron chi connectivity index (χ4n) is 3.05. The molecule has 1 aromatic rings. The summed E-state index contributed by atoms with van der Waals surface area (Å²) in [7, 11) is 0. The summed E-state index contributed by atoms with van der Waals surface area (Å²) in [6, 6.07) is 6.40. The van der Waals surface area contributed by atoms with Gasteiger partial charge in [0.05, 0.1) is 0 Å². The maximum Gasteiger partial charge on any atom is 0.303 e. The number of carbonyl (C=O) groups is 4. The van der Waals surface area contributed by atoms with Gasteiger partial charge in [0.1, 0.15) is 18.5 Å². The normalized spacial score (nSPS) is 24.4. The van der Waals surface area contributed by atoms with E-state index in [0.717, 1.165) is 20.8 Å². The second-order valence-corrected chi connectivity index (χ2v) is 6.85. The van der Waals surface area contributed by atoms with Crippen molar-refractivity contribution in [3.63, 3.8) is 0 Å². The van der Waals surface area contributed by atoms with E-state index in [1.54, 1.807) is 24.3 Å². The molecule has 1 heterocycles. The molecule has 1 saturated heterocycles. The molecule has 1 fully saturated rings. The first-order chi connectivity index (χ1) is 15.1. The van der Waals surface area contributed by atoms with Gasteiger partial charge in [0, 0.05) is 33.3 Å². The number of ether oxygens (including phenoxy) is 6. The van der Waals surface area contributed by atoms with Crippen LogP contribution in [0.15, 0.2) is 24.3 Å². The van der Waals surface area contributed by atoms with Gasteiger partial charge in [-0.3, -0.25) is 19.2 Å². The van der Waals surface area contributed by atoms with Crippen molar-refractivity contribution in [1.82, 2.24) is 0 Å². The number of hydrogen-bond donors (Lipinski definition) is 0. The highest BCUT2D eigenvalue weighted by molar-refractivity contribution is 5.68. The monoisotopic (exact) mass is 448 g/mol. The minimum absolute atomic E-state index is 0.310. The standard InChI is InChI=1S/C22H24O10/c1-6-16-7-9-17(10-8-16)31-22-21(30-15(5)26)20(29-14(4)25)19(28-13(3)24)18(32-22)11-27-12(2)23/h1,7-10,18-22H,11H2,2-5H3/t18?,19-,20+,21?,22+/m1/s1. The average molecular weight is 448 g/mol. The molecule has 5 atom stereocenters. The highest BCUT2D eigenvalue weighted by Gasteiger charge is 2.53. The molecule has 2 rings (SSSR count). The summed E-state index contributed by atoms with van der Waals surface area (Å²) in [5.41, 5.74) is 0.610. The number of esters is 4. The van der Waals surface area contributed by atoms with Crippen LogP contribution in [-0.4, -0.2) is 61.2 Å². The molecule has 2 unspecified atom stereocenters. The molecule has 10 heteroatoms. The minimum atomic E-state index is -1.30. The van der Waals surface area contributed by atoms with Crippen LogP contribution in [0.3, 0.4) is 0 Å². The first-order valence-corrected chi connectivity index (χ1v) is 9.64. The third-order valence-electron chi connectivity index (χ3n) is 4.22. The molecule has 0 amide bonds. The molecule has 10 nitrogen and oxygen atoms in total. The van der Waals surface area contributed by atoms with E-state index in [9.17, 15) is 19.2 Å². The zero-order valence-electron chi connectivity index (χ0n) is 18.1. The molecule has 172 valence electrons. The number of hydrogen-bond acceptors (Lipinski definition) is 10. The van der Waals surface area contributed by atoms with Crippen molar-refractivity contribution >= 4 is 23.9 Å². The van der Waals surface area contributed by atoms with Gasteiger partial charge in [-0.15, -0.1) is 6.42 Å². The van der Waals surface area contributed by atoms with E-state index in [1.807, 2.05) is 0 Å². The van der Waals surface area contributed by atoms with Gasteiger partial charge in [-0.05, 0) is 24.3 Å². The van der Waals surface area contributed by atoms with Crippen LogP contribution in [0.1, 0.15) is 33.3 Å². The lowest BCUT2D eigenvalue weighted by atomic mass is 9.98. The zero-order chi connectivity index (χ0) is 23.8.